The number of hydrogen-bond donors (Lipinski definition) is 2. The van der Waals surface area contributed by atoms with Crippen LogP contribution in [0.3, 0.4) is 0 Å². The maximum Gasteiger partial charge on any atom is 0.364 e. The second kappa shape index (κ2) is 12.8. The largest absolute Gasteiger partial charge is 0.477 e. The minimum atomic E-state index is -2.02. The van der Waals surface area contributed by atoms with Gasteiger partial charge in [0.25, 0.3) is 5.72 Å². The molecule has 0 bridgehead atoms. The number of hydrogen-bond acceptors (Lipinski definition) is 8. The Kier molecular flexibility index (Phi) is 10.8. The first-order valence-electron chi connectivity index (χ1n) is 10.8. The molecule has 0 fully saturated rings. The lowest BCUT2D eigenvalue weighted by Crippen LogP contribution is -2.59. The summed E-state index contributed by atoms with van der Waals surface area (Å²) in [5.41, 5.74) is -1.62. The molecule has 32 heavy (non-hydrogen) atoms. The van der Waals surface area contributed by atoms with Gasteiger partial charge >= 0.3 is 23.9 Å². The average molecular weight is 452 g/mol. The monoisotopic (exact) mass is 451 g/mol. The van der Waals surface area contributed by atoms with Crippen molar-refractivity contribution in [2.45, 2.75) is 84.9 Å². The molecule has 0 heterocycles. The van der Waals surface area contributed by atoms with Crippen LogP contribution in [0, 0.1) is 0 Å². The lowest BCUT2D eigenvalue weighted by Gasteiger charge is -2.32. The molecule has 0 spiro atoms. The van der Waals surface area contributed by atoms with Gasteiger partial charge in [-0.15, -0.1) is 0 Å². The summed E-state index contributed by atoms with van der Waals surface area (Å²) in [6, 6.07) is 4.12. The minimum Gasteiger partial charge on any atom is -0.477 e. The highest BCUT2D eigenvalue weighted by molar-refractivity contribution is 5.81. The summed E-state index contributed by atoms with van der Waals surface area (Å²) in [6.45, 7) is 8.42. The molecule has 1 rings (SSSR count). The first-order valence-corrected chi connectivity index (χ1v) is 10.8. The number of carbonyl (C=O) groups excluding carboxylic acids is 3. The summed E-state index contributed by atoms with van der Waals surface area (Å²) in [5.74, 6) is -3.07. The van der Waals surface area contributed by atoms with Crippen LogP contribution in [0.4, 0.5) is 0 Å². The summed E-state index contributed by atoms with van der Waals surface area (Å²) >= 11 is 0. The molecule has 0 radical (unpaired) electrons. The highest BCUT2D eigenvalue weighted by atomic mass is 16.6. The van der Waals surface area contributed by atoms with Crippen LogP contribution in [-0.4, -0.2) is 40.8 Å². The van der Waals surface area contributed by atoms with Crippen molar-refractivity contribution in [3.63, 3.8) is 0 Å². The molecule has 1 aromatic rings. The number of carboxylic acids is 1. The number of ether oxygens (including phenoxy) is 3. The van der Waals surface area contributed by atoms with E-state index >= 15 is 0 Å². The highest BCUT2D eigenvalue weighted by Gasteiger charge is 2.43. The number of rotatable bonds is 13. The van der Waals surface area contributed by atoms with Gasteiger partial charge in [0.2, 0.25) is 0 Å². The number of carboxylic acid groups (broad SMARTS) is 1. The van der Waals surface area contributed by atoms with Crippen LogP contribution in [0.2, 0.25) is 0 Å². The van der Waals surface area contributed by atoms with Crippen molar-refractivity contribution in [3.8, 4) is 11.5 Å². The van der Waals surface area contributed by atoms with Crippen molar-refractivity contribution < 1.29 is 38.5 Å². The smallest absolute Gasteiger partial charge is 0.364 e. The van der Waals surface area contributed by atoms with Crippen LogP contribution in [0.5, 0.6) is 11.5 Å². The zero-order valence-electron chi connectivity index (χ0n) is 19.4. The molecule has 9 heteroatoms. The topological polar surface area (TPSA) is 128 Å². The molecule has 0 aliphatic carbocycles. The van der Waals surface area contributed by atoms with Gasteiger partial charge in [-0.25, -0.2) is 4.79 Å². The molecule has 1 aromatic carbocycles. The van der Waals surface area contributed by atoms with Gasteiger partial charge in [-0.05, 0) is 43.9 Å². The van der Waals surface area contributed by atoms with Gasteiger partial charge < -0.3 is 19.3 Å². The third-order valence-electron chi connectivity index (χ3n) is 4.57. The SMILES string of the molecule is CCCC(=O)Oc1ccc(C[C@](NC(C)CC)(OC(C)=O)C(=O)O)cc1OC(=O)CCC. The first-order chi connectivity index (χ1) is 15.1. The fraction of sp³-hybridized carbons (Fsp3) is 0.565. The Morgan fingerprint density at radius 1 is 1.00 bits per heavy atom. The Morgan fingerprint density at radius 2 is 1.56 bits per heavy atom. The molecule has 2 N–H and O–H groups in total. The van der Waals surface area contributed by atoms with E-state index in [1.165, 1.54) is 18.2 Å². The molecule has 0 amide bonds. The van der Waals surface area contributed by atoms with E-state index in [9.17, 15) is 24.3 Å². The standard InChI is InChI=1S/C23H33NO8/c1-6-9-20(26)30-18-12-11-17(13-19(18)31-21(27)10-7-2)14-23(22(28)29,32-16(5)25)24-15(4)8-3/h11-13,15,24H,6-10,14H2,1-5H3,(H,28,29)/t15?,23-/m0/s1. The number of esters is 3. The average Bonchev–Trinajstić information content (AvgIpc) is 2.69. The maximum atomic E-state index is 12.2. The molecule has 0 saturated heterocycles. The molecule has 0 aliphatic rings. The van der Waals surface area contributed by atoms with Gasteiger partial charge in [0.05, 0.1) is 0 Å². The number of carbonyl (C=O) groups is 4. The first kappa shape index (κ1) is 27.1. The minimum absolute atomic E-state index is 0.00365. The van der Waals surface area contributed by atoms with Crippen molar-refractivity contribution in [2.24, 2.45) is 0 Å². The van der Waals surface area contributed by atoms with Crippen LogP contribution in [0.25, 0.3) is 0 Å². The van der Waals surface area contributed by atoms with Crippen LogP contribution in [-0.2, 0) is 30.3 Å². The van der Waals surface area contributed by atoms with Gasteiger partial charge in [0.15, 0.2) is 11.5 Å². The molecule has 1 unspecified atom stereocenters. The Balaban J connectivity index is 3.37. The summed E-state index contributed by atoms with van der Waals surface area (Å²) in [4.78, 5) is 47.9. The van der Waals surface area contributed by atoms with Gasteiger partial charge in [-0.2, -0.15) is 0 Å². The predicted molar refractivity (Wildman–Crippen MR) is 116 cm³/mol. The van der Waals surface area contributed by atoms with Crippen LogP contribution < -0.4 is 14.8 Å². The van der Waals surface area contributed by atoms with Crippen LogP contribution in [0.15, 0.2) is 18.2 Å². The third-order valence-corrected chi connectivity index (χ3v) is 4.57. The van der Waals surface area contributed by atoms with E-state index in [1.807, 2.05) is 20.8 Å². The molecular weight excluding hydrogens is 418 g/mol. The van der Waals surface area contributed by atoms with Gasteiger partial charge in [-0.1, -0.05) is 26.8 Å². The summed E-state index contributed by atoms with van der Waals surface area (Å²) in [7, 11) is 0. The quantitative estimate of drug-likeness (QED) is 0.263. The maximum absolute atomic E-state index is 12.2. The molecule has 9 nitrogen and oxygen atoms in total. The summed E-state index contributed by atoms with van der Waals surface area (Å²) in [5, 5.41) is 12.8. The Labute approximate surface area is 188 Å². The molecule has 0 aromatic heterocycles. The third kappa shape index (κ3) is 8.30. The van der Waals surface area contributed by atoms with E-state index in [4.69, 9.17) is 14.2 Å². The van der Waals surface area contributed by atoms with Gasteiger partial charge in [0.1, 0.15) is 0 Å². The fourth-order valence-corrected chi connectivity index (χ4v) is 2.91. The van der Waals surface area contributed by atoms with E-state index in [-0.39, 0.29) is 36.8 Å². The molecule has 2 atom stereocenters. The normalized spacial score (nSPS) is 13.5. The van der Waals surface area contributed by atoms with Crippen molar-refractivity contribution >= 4 is 23.9 Å². The van der Waals surface area contributed by atoms with Crippen LogP contribution in [0.1, 0.15) is 72.3 Å². The van der Waals surface area contributed by atoms with E-state index in [2.05, 4.69) is 5.32 Å². The second-order valence-electron chi connectivity index (χ2n) is 7.59. The van der Waals surface area contributed by atoms with E-state index in [1.54, 1.807) is 6.92 Å². The number of benzene rings is 1. The second-order valence-corrected chi connectivity index (χ2v) is 7.59. The predicted octanol–water partition coefficient (Wildman–Crippen LogP) is 3.37. The molecule has 0 aliphatic heterocycles. The molecular formula is C23H33NO8. The van der Waals surface area contributed by atoms with E-state index in [0.717, 1.165) is 6.92 Å². The Morgan fingerprint density at radius 3 is 2.03 bits per heavy atom. The Bertz CT molecular complexity index is 822. The fourth-order valence-electron chi connectivity index (χ4n) is 2.91. The summed E-state index contributed by atoms with van der Waals surface area (Å²) < 4.78 is 15.9. The molecule has 178 valence electrons. The van der Waals surface area contributed by atoms with Crippen LogP contribution >= 0.6 is 0 Å². The highest BCUT2D eigenvalue weighted by Crippen LogP contribution is 2.31. The summed E-state index contributed by atoms with van der Waals surface area (Å²) in [6.07, 6.45) is 1.87. The Hall–Kier alpha value is -2.94. The molecule has 0 saturated carbocycles. The lowest BCUT2D eigenvalue weighted by atomic mass is 10.00. The number of aliphatic carboxylic acids is 1. The van der Waals surface area contributed by atoms with E-state index < -0.39 is 29.6 Å². The zero-order chi connectivity index (χ0) is 24.3. The van der Waals surface area contributed by atoms with Gasteiger partial charge in [-0.3, -0.25) is 19.7 Å². The van der Waals surface area contributed by atoms with Crippen molar-refractivity contribution in [3.05, 3.63) is 23.8 Å². The van der Waals surface area contributed by atoms with Crippen molar-refractivity contribution in [2.75, 3.05) is 0 Å². The zero-order valence-corrected chi connectivity index (χ0v) is 19.4. The van der Waals surface area contributed by atoms with Crippen molar-refractivity contribution in [1.82, 2.24) is 5.32 Å². The van der Waals surface area contributed by atoms with E-state index in [0.29, 0.717) is 24.8 Å². The van der Waals surface area contributed by atoms with Gasteiger partial charge in [0, 0.05) is 32.2 Å². The lowest BCUT2D eigenvalue weighted by molar-refractivity contribution is -0.183. The number of nitrogens with one attached hydrogen (secondary N) is 1. The van der Waals surface area contributed by atoms with Crippen molar-refractivity contribution in [1.29, 1.82) is 0 Å².